The topological polar surface area (TPSA) is 42.9 Å². The lowest BCUT2D eigenvalue weighted by atomic mass is 10.3. The van der Waals surface area contributed by atoms with Gasteiger partial charge in [0.05, 0.1) is 11.3 Å². The summed E-state index contributed by atoms with van der Waals surface area (Å²) in [4.78, 5) is 17.4. The summed E-state index contributed by atoms with van der Waals surface area (Å²) in [7, 11) is 0. The minimum absolute atomic E-state index is 0.150. The van der Waals surface area contributed by atoms with Gasteiger partial charge in [-0.1, -0.05) is 0 Å². The second kappa shape index (κ2) is 2.75. The van der Waals surface area contributed by atoms with Gasteiger partial charge in [0.25, 0.3) is 0 Å². The minimum atomic E-state index is 0.150. The van der Waals surface area contributed by atoms with Crippen LogP contribution in [0.2, 0.25) is 5.28 Å². The van der Waals surface area contributed by atoms with Gasteiger partial charge in [-0.3, -0.25) is 4.79 Å². The van der Waals surface area contributed by atoms with Crippen LogP contribution in [0, 0.1) is 6.92 Å². The van der Waals surface area contributed by atoms with Crippen LogP contribution in [0.1, 0.15) is 11.3 Å². The zero-order valence-corrected chi connectivity index (χ0v) is 6.01. The molecule has 0 unspecified atom stereocenters. The fourth-order valence-corrected chi connectivity index (χ4v) is 0.714. The van der Waals surface area contributed by atoms with E-state index in [1.165, 1.54) is 6.20 Å². The molecule has 51 valence electrons. The highest BCUT2D eigenvalue weighted by atomic mass is 35.5. The third kappa shape index (κ3) is 1.30. The lowest BCUT2D eigenvalue weighted by Crippen LogP contribution is -1.93. The van der Waals surface area contributed by atoms with Crippen molar-refractivity contribution in [3.8, 4) is 0 Å². The maximum Gasteiger partial charge on any atom is 0.237 e. The van der Waals surface area contributed by atoms with Crippen LogP contribution in [0.3, 0.4) is 0 Å². The Morgan fingerprint density at radius 1 is 1.70 bits per heavy atom. The van der Waals surface area contributed by atoms with E-state index in [4.69, 9.17) is 11.6 Å². The van der Waals surface area contributed by atoms with Gasteiger partial charge in [0.1, 0.15) is 0 Å². The molecule has 0 spiro atoms. The van der Waals surface area contributed by atoms with Crippen LogP contribution < -0.4 is 0 Å². The lowest BCUT2D eigenvalue weighted by Gasteiger charge is -1.93. The van der Waals surface area contributed by atoms with E-state index in [0.717, 1.165) is 0 Å². The third-order valence-corrected chi connectivity index (χ3v) is 1.24. The summed E-state index contributed by atoms with van der Waals surface area (Å²) in [5.74, 6) is 0. The van der Waals surface area contributed by atoms with Crippen molar-refractivity contribution in [2.45, 2.75) is 6.92 Å². The number of carbonyl (C=O) groups excluding carboxylic acids is 1. The van der Waals surface area contributed by atoms with Gasteiger partial charge in [-0.2, -0.15) is 0 Å². The van der Waals surface area contributed by atoms with E-state index in [-0.39, 0.29) is 5.28 Å². The van der Waals surface area contributed by atoms with Crippen molar-refractivity contribution in [2.24, 2.45) is 0 Å². The third-order valence-electron chi connectivity index (χ3n) is 1.06. The lowest BCUT2D eigenvalue weighted by molar-refractivity contribution is 0.562. The van der Waals surface area contributed by atoms with Crippen LogP contribution >= 0.6 is 11.6 Å². The van der Waals surface area contributed by atoms with Gasteiger partial charge in [-0.05, 0) is 18.5 Å². The number of halogens is 1. The van der Waals surface area contributed by atoms with Crippen LogP contribution in [0.15, 0.2) is 6.20 Å². The van der Waals surface area contributed by atoms with Gasteiger partial charge in [0.2, 0.25) is 11.6 Å². The maximum atomic E-state index is 10.1. The fourth-order valence-electron chi connectivity index (χ4n) is 0.539. The molecule has 3 nitrogen and oxygen atoms in total. The van der Waals surface area contributed by atoms with Gasteiger partial charge in [-0.15, -0.1) is 0 Å². The van der Waals surface area contributed by atoms with Crippen molar-refractivity contribution < 1.29 is 4.79 Å². The Balaban J connectivity index is 3.19. The van der Waals surface area contributed by atoms with E-state index in [9.17, 15) is 4.79 Å². The molecule has 0 amide bonds. The summed E-state index contributed by atoms with van der Waals surface area (Å²) in [6, 6.07) is 0. The normalized spacial score (nSPS) is 9.40. The molecule has 0 aliphatic rings. The summed E-state index contributed by atoms with van der Waals surface area (Å²) < 4.78 is 0. The van der Waals surface area contributed by atoms with Crippen molar-refractivity contribution in [1.29, 1.82) is 0 Å². The smallest absolute Gasteiger partial charge is 0.237 e. The fraction of sp³-hybridized carbons (Fsp3) is 0.167. The second-order valence-corrected chi connectivity index (χ2v) is 2.08. The predicted octanol–water partition coefficient (Wildman–Crippen LogP) is 0.896. The molecule has 1 rings (SSSR count). The van der Waals surface area contributed by atoms with Crippen molar-refractivity contribution >= 4 is 17.9 Å². The first-order valence-electron chi connectivity index (χ1n) is 2.61. The largest absolute Gasteiger partial charge is 0.285 e. The summed E-state index contributed by atoms with van der Waals surface area (Å²) in [5.41, 5.74) is 0.902. The molecule has 0 aliphatic heterocycles. The average Bonchev–Trinajstić information content (AvgIpc) is 1.88. The molecule has 10 heavy (non-hydrogen) atoms. The highest BCUT2D eigenvalue weighted by Crippen LogP contribution is 2.03. The van der Waals surface area contributed by atoms with E-state index in [0.29, 0.717) is 11.3 Å². The first-order chi connectivity index (χ1) is 4.74. The molecule has 0 fully saturated rings. The highest BCUT2D eigenvalue weighted by Gasteiger charge is 1.99. The Morgan fingerprint density at radius 2 is 2.40 bits per heavy atom. The van der Waals surface area contributed by atoms with Gasteiger partial charge in [0.15, 0.2) is 0 Å². The SMILES string of the molecule is Cc1nc(Cl)ncc1[C]=O. The van der Waals surface area contributed by atoms with Crippen molar-refractivity contribution in [3.05, 3.63) is 22.7 Å². The first-order valence-corrected chi connectivity index (χ1v) is 2.99. The maximum absolute atomic E-state index is 10.1. The van der Waals surface area contributed by atoms with E-state index >= 15 is 0 Å². The van der Waals surface area contributed by atoms with Crippen LogP contribution in [-0.2, 0) is 4.79 Å². The molecule has 0 bridgehead atoms. The molecule has 1 aromatic rings. The van der Waals surface area contributed by atoms with E-state index in [1.54, 1.807) is 13.2 Å². The van der Waals surface area contributed by atoms with Crippen molar-refractivity contribution in [3.63, 3.8) is 0 Å². The molecule has 1 aromatic heterocycles. The Labute approximate surface area is 63.1 Å². The molecule has 0 atom stereocenters. The number of hydrogen-bond donors (Lipinski definition) is 0. The number of aromatic nitrogens is 2. The quantitative estimate of drug-likeness (QED) is 0.566. The number of hydrogen-bond acceptors (Lipinski definition) is 3. The Kier molecular flexibility index (Phi) is 1.97. The van der Waals surface area contributed by atoms with E-state index in [2.05, 4.69) is 9.97 Å². The van der Waals surface area contributed by atoms with Crippen molar-refractivity contribution in [1.82, 2.24) is 9.97 Å². The zero-order chi connectivity index (χ0) is 7.56. The Hall–Kier alpha value is -0.960. The van der Waals surface area contributed by atoms with Gasteiger partial charge < -0.3 is 0 Å². The Morgan fingerprint density at radius 3 is 2.90 bits per heavy atom. The molecule has 0 aliphatic carbocycles. The number of nitrogens with zero attached hydrogens (tertiary/aromatic N) is 2. The molecule has 0 N–H and O–H groups in total. The summed E-state index contributed by atoms with van der Waals surface area (Å²) >= 11 is 5.42. The van der Waals surface area contributed by atoms with Crippen LogP contribution in [-0.4, -0.2) is 16.3 Å². The molecule has 4 heteroatoms. The monoisotopic (exact) mass is 155 g/mol. The Bertz CT molecular complexity index is 262. The molecule has 1 radical (unpaired) electrons. The first kappa shape index (κ1) is 7.15. The molecule has 0 aromatic carbocycles. The standard InChI is InChI=1S/C6H4ClN2O/c1-4-5(3-10)2-8-6(7)9-4/h2H,1H3. The zero-order valence-electron chi connectivity index (χ0n) is 5.26. The average molecular weight is 156 g/mol. The molecule has 0 saturated heterocycles. The predicted molar refractivity (Wildman–Crippen MR) is 36.6 cm³/mol. The van der Waals surface area contributed by atoms with Gasteiger partial charge >= 0.3 is 0 Å². The van der Waals surface area contributed by atoms with E-state index in [1.807, 2.05) is 0 Å². The van der Waals surface area contributed by atoms with Crippen LogP contribution in [0.5, 0.6) is 0 Å². The minimum Gasteiger partial charge on any atom is -0.285 e. The van der Waals surface area contributed by atoms with E-state index < -0.39 is 0 Å². The number of rotatable bonds is 1. The molecule has 0 saturated carbocycles. The number of aryl methyl sites for hydroxylation is 1. The summed E-state index contributed by atoms with van der Waals surface area (Å²) in [6.07, 6.45) is 3.03. The summed E-state index contributed by atoms with van der Waals surface area (Å²) in [5, 5.41) is 0.150. The van der Waals surface area contributed by atoms with Gasteiger partial charge in [-0.25, -0.2) is 9.97 Å². The molecule has 1 heterocycles. The molecular weight excluding hydrogens is 152 g/mol. The van der Waals surface area contributed by atoms with Crippen LogP contribution in [0.4, 0.5) is 0 Å². The van der Waals surface area contributed by atoms with Crippen LogP contribution in [0.25, 0.3) is 0 Å². The van der Waals surface area contributed by atoms with Gasteiger partial charge in [0, 0.05) is 6.20 Å². The molecular formula is C6H4ClN2O. The highest BCUT2D eigenvalue weighted by molar-refractivity contribution is 6.28. The van der Waals surface area contributed by atoms with Crippen molar-refractivity contribution in [2.75, 3.05) is 0 Å². The second-order valence-electron chi connectivity index (χ2n) is 1.74. The summed E-state index contributed by atoms with van der Waals surface area (Å²) in [6.45, 7) is 1.67.